The summed E-state index contributed by atoms with van der Waals surface area (Å²) >= 11 is 0. The number of aromatic nitrogens is 3. The minimum absolute atomic E-state index is 0.0307. The first-order chi connectivity index (χ1) is 36.7. The van der Waals surface area contributed by atoms with Crippen LogP contribution in [0.15, 0.2) is 66.9 Å². The van der Waals surface area contributed by atoms with Crippen LogP contribution in [0.5, 0.6) is 23.3 Å². The lowest BCUT2D eigenvalue weighted by Crippen LogP contribution is -2.54. The van der Waals surface area contributed by atoms with Gasteiger partial charge >= 0.3 is 6.01 Å². The van der Waals surface area contributed by atoms with Crippen molar-refractivity contribution in [2.45, 2.75) is 83.0 Å². The minimum atomic E-state index is -0.739. The number of anilines is 2. The third-order valence-corrected chi connectivity index (χ3v) is 16.3. The third-order valence-electron chi connectivity index (χ3n) is 16.3. The second kappa shape index (κ2) is 20.7. The zero-order valence-electron chi connectivity index (χ0n) is 42.8. The summed E-state index contributed by atoms with van der Waals surface area (Å²) in [6.07, 6.45) is 13.9. The van der Waals surface area contributed by atoms with E-state index in [0.717, 1.165) is 96.4 Å². The van der Waals surface area contributed by atoms with Gasteiger partial charge in [0, 0.05) is 105 Å². The van der Waals surface area contributed by atoms with Crippen molar-refractivity contribution < 1.29 is 33.6 Å². The maximum Gasteiger partial charge on any atom is 0.319 e. The highest BCUT2D eigenvalue weighted by atomic mass is 19.1. The number of piperazine rings is 2. The number of ether oxygens (including phenoxy) is 1. The zero-order valence-corrected chi connectivity index (χ0v) is 42.8. The number of aldehydes is 1. The Hall–Kier alpha value is -7.30. The molecule has 2 unspecified atom stereocenters. The fraction of sp³-hybridized carbons (Fsp3) is 0.414. The molecule has 1 aliphatic carbocycles. The molecule has 16 nitrogen and oxygen atoms in total. The van der Waals surface area contributed by atoms with E-state index in [1.165, 1.54) is 41.3 Å². The van der Waals surface area contributed by atoms with Gasteiger partial charge in [0.15, 0.2) is 17.9 Å². The number of halogens is 2. The van der Waals surface area contributed by atoms with Crippen molar-refractivity contribution in [2.24, 2.45) is 5.41 Å². The van der Waals surface area contributed by atoms with Crippen LogP contribution in [-0.4, -0.2) is 147 Å². The number of pyridine rings is 1. The molecule has 1 saturated carbocycles. The molecule has 0 amide bonds. The molecule has 4 aliphatic heterocycles. The molecule has 5 aliphatic rings. The van der Waals surface area contributed by atoms with Crippen molar-refractivity contribution in [3.8, 4) is 46.9 Å². The van der Waals surface area contributed by atoms with Gasteiger partial charge in [-0.15, -0.1) is 6.42 Å². The van der Waals surface area contributed by atoms with E-state index in [2.05, 4.69) is 35.8 Å². The molecule has 394 valence electrons. The molecule has 6 aromatic rings. The van der Waals surface area contributed by atoms with Crippen molar-refractivity contribution in [1.29, 1.82) is 10.8 Å². The van der Waals surface area contributed by atoms with Gasteiger partial charge in [-0.2, -0.15) is 9.97 Å². The molecular formula is C58H63F2N11O5. The number of carbonyl (C=O) groups is 1. The average Bonchev–Trinajstić information content (AvgIpc) is 4.12. The Kier molecular flexibility index (Phi) is 13.8. The highest BCUT2D eigenvalue weighted by molar-refractivity contribution is 6.41. The average molecular weight is 1030 g/mol. The van der Waals surface area contributed by atoms with Gasteiger partial charge in [-0.3, -0.25) is 35.3 Å². The first kappa shape index (κ1) is 50.8. The first-order valence-electron chi connectivity index (χ1n) is 26.4. The molecule has 2 aromatic heterocycles. The molecule has 6 N–H and O–H groups in total. The van der Waals surface area contributed by atoms with Gasteiger partial charge in [-0.25, -0.2) is 8.78 Å². The Morgan fingerprint density at radius 1 is 0.921 bits per heavy atom. The molecule has 4 saturated heterocycles. The largest absolute Gasteiger partial charge is 0.508 e. The zero-order chi connectivity index (χ0) is 53.0. The van der Waals surface area contributed by atoms with E-state index < -0.39 is 17.5 Å². The van der Waals surface area contributed by atoms with Gasteiger partial charge in [-0.05, 0) is 110 Å². The molecule has 6 heterocycles. The lowest BCUT2D eigenvalue weighted by molar-refractivity contribution is -0.102. The molecular weight excluding hydrogens is 969 g/mol. The summed E-state index contributed by atoms with van der Waals surface area (Å²) in [5.74, 6) is 0.293. The quantitative estimate of drug-likeness (QED) is 0.0268. The molecule has 0 radical (unpaired) electrons. The molecule has 2 bridgehead atoms. The van der Waals surface area contributed by atoms with Crippen LogP contribution in [0.2, 0.25) is 0 Å². The van der Waals surface area contributed by atoms with E-state index >= 15 is 8.78 Å². The standard InChI is InChI=1S/C58H63F2N11O5/c1-4-42-47(59)12-7-36-23-41(73)24-45(51(36)42)53-52(60)54-46(27-63-53)56(70-29-37-8-9-38(30-70)64-37)66-57(65-54)76-33-58(15-16-58)32-68-19-21-69(22-20-68)39-13-17-67(18-14-39)28-35-5-10-40(11-6-35)71(50(61)31-72)55(62)44-25-43(34(2)3)48(74)26-49(44)75/h1,5-7,10-12,23-27,31,34,37-39,61-62,64,73-75H,8-9,13-22,28-30,32-33H2,2-3H3. The number of phenolic OH excluding ortho intramolecular Hbond substituents is 3. The molecule has 2 atom stereocenters. The second-order valence-corrected chi connectivity index (χ2v) is 21.8. The number of rotatable bonds is 14. The van der Waals surface area contributed by atoms with Crippen LogP contribution < -0.4 is 19.9 Å². The normalized spacial score (nSPS) is 20.0. The fourth-order valence-corrected chi connectivity index (χ4v) is 12.0. The Morgan fingerprint density at radius 2 is 1.64 bits per heavy atom. The van der Waals surface area contributed by atoms with E-state index in [9.17, 15) is 20.1 Å². The summed E-state index contributed by atoms with van der Waals surface area (Å²) in [6.45, 7) is 13.0. The molecule has 11 rings (SSSR count). The number of phenols is 3. The summed E-state index contributed by atoms with van der Waals surface area (Å²) in [5, 5.41) is 53.9. The summed E-state index contributed by atoms with van der Waals surface area (Å²) in [5.41, 5.74) is 2.13. The van der Waals surface area contributed by atoms with Crippen LogP contribution in [0.25, 0.3) is 32.9 Å². The number of piperidine rings is 1. The highest BCUT2D eigenvalue weighted by Gasteiger charge is 2.46. The first-order valence-corrected chi connectivity index (χ1v) is 26.4. The summed E-state index contributed by atoms with van der Waals surface area (Å²) in [6, 6.07) is 16.9. The SMILES string of the molecule is C#Cc1c(F)ccc2cc(O)cc(-c3ncc4c(N5CC6CCC(C5)N6)nc(OCC5(CN6CCN(C7CCN(Cc8ccc(N(C(=N)C=O)C(=N)c9cc(C(C)C)c(O)cc9O)cc8)CC7)CC6)CC5)nc4c3F)c12. The Morgan fingerprint density at radius 3 is 2.32 bits per heavy atom. The lowest BCUT2D eigenvalue weighted by atomic mass is 9.96. The van der Waals surface area contributed by atoms with Crippen LogP contribution in [0.4, 0.5) is 20.3 Å². The van der Waals surface area contributed by atoms with Crippen LogP contribution in [-0.2, 0) is 11.3 Å². The predicted octanol–water partition coefficient (Wildman–Crippen LogP) is 7.73. The number of aromatic hydroxyl groups is 3. The minimum Gasteiger partial charge on any atom is -0.508 e. The van der Waals surface area contributed by atoms with Crippen molar-refractivity contribution >= 4 is 51.1 Å². The smallest absolute Gasteiger partial charge is 0.319 e. The Bertz CT molecular complexity index is 3280. The van der Waals surface area contributed by atoms with Crippen LogP contribution >= 0.6 is 0 Å². The fourth-order valence-electron chi connectivity index (χ4n) is 12.0. The van der Waals surface area contributed by atoms with Crippen molar-refractivity contribution in [3.63, 3.8) is 0 Å². The Labute approximate surface area is 440 Å². The van der Waals surface area contributed by atoms with Gasteiger partial charge in [-0.1, -0.05) is 38.0 Å². The van der Waals surface area contributed by atoms with Gasteiger partial charge in [0.1, 0.15) is 45.9 Å². The number of carbonyl (C=O) groups excluding carboxylic acids is 1. The number of benzene rings is 4. The monoisotopic (exact) mass is 1030 g/mol. The van der Waals surface area contributed by atoms with E-state index in [-0.39, 0.29) is 85.8 Å². The van der Waals surface area contributed by atoms with Gasteiger partial charge < -0.3 is 35.2 Å². The molecule has 18 heteroatoms. The highest BCUT2D eigenvalue weighted by Crippen LogP contribution is 2.47. The molecule has 76 heavy (non-hydrogen) atoms. The maximum atomic E-state index is 17.2. The number of nitrogens with zero attached hydrogens (tertiary/aromatic N) is 8. The topological polar surface area (TPSA) is 202 Å². The van der Waals surface area contributed by atoms with E-state index in [0.29, 0.717) is 59.9 Å². The van der Waals surface area contributed by atoms with Crippen molar-refractivity contribution in [1.82, 2.24) is 35.0 Å². The summed E-state index contributed by atoms with van der Waals surface area (Å²) in [7, 11) is 0. The number of amidine groups is 2. The molecule has 5 fully saturated rings. The van der Waals surface area contributed by atoms with Gasteiger partial charge in [0.05, 0.1) is 23.1 Å². The number of hydrogen-bond acceptors (Lipinski definition) is 15. The van der Waals surface area contributed by atoms with Crippen LogP contribution in [0.3, 0.4) is 0 Å². The van der Waals surface area contributed by atoms with Crippen molar-refractivity contribution in [2.75, 3.05) is 75.3 Å². The molecule has 4 aromatic carbocycles. The second-order valence-electron chi connectivity index (χ2n) is 21.8. The molecule has 0 spiro atoms. The number of fused-ring (bicyclic) bond motifs is 4. The van der Waals surface area contributed by atoms with Crippen molar-refractivity contribution in [3.05, 3.63) is 101 Å². The van der Waals surface area contributed by atoms with Gasteiger partial charge in [0.25, 0.3) is 0 Å². The van der Waals surface area contributed by atoms with E-state index in [4.69, 9.17) is 31.9 Å². The van der Waals surface area contributed by atoms with Crippen LogP contribution in [0.1, 0.15) is 80.5 Å². The number of likely N-dealkylation sites (tertiary alicyclic amines) is 1. The summed E-state index contributed by atoms with van der Waals surface area (Å²) in [4.78, 5) is 37.1. The lowest BCUT2D eigenvalue weighted by Gasteiger charge is -2.43. The Balaban J connectivity index is 0.715. The third kappa shape index (κ3) is 10.00. The maximum absolute atomic E-state index is 17.2. The van der Waals surface area contributed by atoms with Gasteiger partial charge in [0.2, 0.25) is 0 Å². The van der Waals surface area contributed by atoms with Crippen LogP contribution in [0, 0.1) is 40.2 Å². The van der Waals surface area contributed by atoms with E-state index in [1.54, 1.807) is 18.3 Å². The number of terminal acetylenes is 1. The summed E-state index contributed by atoms with van der Waals surface area (Å²) < 4.78 is 38.8. The predicted molar refractivity (Wildman–Crippen MR) is 289 cm³/mol. The number of hydrogen-bond donors (Lipinski definition) is 6. The number of nitrogens with one attached hydrogen (secondary N) is 3. The van der Waals surface area contributed by atoms with E-state index in [1.807, 2.05) is 26.0 Å².